The maximum Gasteiger partial charge on any atom is 0.329 e. The van der Waals surface area contributed by atoms with Crippen LogP contribution in [0.25, 0.3) is 6.08 Å². The molecule has 3 aromatic carbocycles. The van der Waals surface area contributed by atoms with Crippen molar-refractivity contribution in [3.8, 4) is 11.5 Å². The van der Waals surface area contributed by atoms with E-state index in [-0.39, 0.29) is 18.1 Å². The highest BCUT2D eigenvalue weighted by molar-refractivity contribution is 6.16. The number of hydrogen-bond donors (Lipinski definition) is 2. The summed E-state index contributed by atoms with van der Waals surface area (Å²) in [5.74, 6) is -0.465. The first-order valence-electron chi connectivity index (χ1n) is 10.7. The third kappa shape index (κ3) is 5.83. The molecule has 1 heterocycles. The SMILES string of the molecule is COc1ccccc1NC(=O)CN1C(=O)N/C(=C/c2ccc(OCc3cccc(F)c3)cc2)C1=O. The van der Waals surface area contributed by atoms with E-state index in [1.807, 2.05) is 0 Å². The van der Waals surface area contributed by atoms with Crippen LogP contribution in [0.1, 0.15) is 11.1 Å². The van der Waals surface area contributed by atoms with Crippen LogP contribution >= 0.6 is 0 Å². The van der Waals surface area contributed by atoms with Gasteiger partial charge in [0.1, 0.15) is 36.2 Å². The zero-order valence-corrected chi connectivity index (χ0v) is 18.8. The lowest BCUT2D eigenvalue weighted by Gasteiger charge is -2.13. The molecule has 4 rings (SSSR count). The van der Waals surface area contributed by atoms with Crippen molar-refractivity contribution >= 4 is 29.6 Å². The van der Waals surface area contributed by atoms with Crippen LogP contribution in [-0.4, -0.2) is 36.4 Å². The van der Waals surface area contributed by atoms with Crippen LogP contribution in [-0.2, 0) is 16.2 Å². The van der Waals surface area contributed by atoms with Gasteiger partial charge in [-0.15, -0.1) is 0 Å². The van der Waals surface area contributed by atoms with Crippen LogP contribution in [0.15, 0.2) is 78.5 Å². The van der Waals surface area contributed by atoms with Crippen molar-refractivity contribution in [1.29, 1.82) is 0 Å². The van der Waals surface area contributed by atoms with E-state index in [1.165, 1.54) is 25.3 Å². The molecule has 0 aromatic heterocycles. The summed E-state index contributed by atoms with van der Waals surface area (Å²) >= 11 is 0. The molecule has 0 bridgehead atoms. The standard InChI is InChI=1S/C26H22FN3O5/c1-34-23-8-3-2-7-21(23)28-24(31)15-30-25(32)22(29-26(30)33)14-17-9-11-20(12-10-17)35-16-18-5-4-6-19(27)13-18/h2-14H,15-16H2,1H3,(H,28,31)(H,29,33)/b22-14+. The molecule has 0 unspecified atom stereocenters. The van der Waals surface area contributed by atoms with Crippen LogP contribution < -0.4 is 20.1 Å². The topological polar surface area (TPSA) is 97.0 Å². The number of ether oxygens (including phenoxy) is 2. The number of benzene rings is 3. The normalized spacial score (nSPS) is 14.1. The lowest BCUT2D eigenvalue weighted by Crippen LogP contribution is -2.38. The van der Waals surface area contributed by atoms with E-state index in [9.17, 15) is 18.8 Å². The molecule has 2 N–H and O–H groups in total. The molecule has 0 atom stereocenters. The summed E-state index contributed by atoms with van der Waals surface area (Å²) in [4.78, 5) is 38.2. The molecule has 0 spiro atoms. The summed E-state index contributed by atoms with van der Waals surface area (Å²) in [5, 5.41) is 5.12. The van der Waals surface area contributed by atoms with Gasteiger partial charge in [0.05, 0.1) is 12.8 Å². The average molecular weight is 475 g/mol. The summed E-state index contributed by atoms with van der Waals surface area (Å²) in [6.45, 7) is -0.245. The van der Waals surface area contributed by atoms with Crippen LogP contribution in [0.5, 0.6) is 11.5 Å². The number of anilines is 1. The molecule has 1 fully saturated rings. The number of para-hydroxylation sites is 2. The van der Waals surface area contributed by atoms with Gasteiger partial charge in [-0.05, 0) is 53.6 Å². The van der Waals surface area contributed by atoms with Crippen LogP contribution in [0, 0.1) is 5.82 Å². The van der Waals surface area contributed by atoms with Crippen molar-refractivity contribution in [2.75, 3.05) is 19.0 Å². The number of nitrogens with zero attached hydrogens (tertiary/aromatic N) is 1. The number of urea groups is 1. The zero-order chi connectivity index (χ0) is 24.8. The molecule has 35 heavy (non-hydrogen) atoms. The van der Waals surface area contributed by atoms with Gasteiger partial charge < -0.3 is 20.1 Å². The molecule has 8 nitrogen and oxygen atoms in total. The highest BCUT2D eigenvalue weighted by Crippen LogP contribution is 2.23. The Morgan fingerprint density at radius 2 is 1.83 bits per heavy atom. The highest BCUT2D eigenvalue weighted by Gasteiger charge is 2.35. The van der Waals surface area contributed by atoms with E-state index in [2.05, 4.69) is 10.6 Å². The Hall–Kier alpha value is -4.66. The minimum absolute atomic E-state index is 0.0496. The van der Waals surface area contributed by atoms with Gasteiger partial charge in [-0.1, -0.05) is 36.4 Å². The van der Waals surface area contributed by atoms with Gasteiger partial charge in [0.25, 0.3) is 5.91 Å². The van der Waals surface area contributed by atoms with Crippen LogP contribution in [0.2, 0.25) is 0 Å². The molecular formula is C26H22FN3O5. The Morgan fingerprint density at radius 3 is 2.57 bits per heavy atom. The molecule has 9 heteroatoms. The number of hydrogen-bond acceptors (Lipinski definition) is 5. The van der Waals surface area contributed by atoms with E-state index in [4.69, 9.17) is 9.47 Å². The van der Waals surface area contributed by atoms with Crippen LogP contribution in [0.4, 0.5) is 14.9 Å². The average Bonchev–Trinajstić information content (AvgIpc) is 3.11. The first-order chi connectivity index (χ1) is 16.9. The second-order valence-electron chi connectivity index (χ2n) is 7.62. The molecule has 3 aromatic rings. The third-order valence-corrected chi connectivity index (χ3v) is 5.13. The molecule has 4 amide bonds. The minimum atomic E-state index is -0.688. The summed E-state index contributed by atoms with van der Waals surface area (Å²) in [6, 6.07) is 19.1. The summed E-state index contributed by atoms with van der Waals surface area (Å²) < 4.78 is 24.1. The number of rotatable bonds is 8. The maximum absolute atomic E-state index is 13.3. The number of amides is 4. The number of carbonyl (C=O) groups excluding carboxylic acids is 3. The van der Waals surface area contributed by atoms with Crippen molar-refractivity contribution in [2.24, 2.45) is 0 Å². The predicted molar refractivity (Wildman–Crippen MR) is 127 cm³/mol. The largest absolute Gasteiger partial charge is 0.495 e. The fourth-order valence-corrected chi connectivity index (χ4v) is 3.42. The third-order valence-electron chi connectivity index (χ3n) is 5.13. The smallest absolute Gasteiger partial charge is 0.329 e. The van der Waals surface area contributed by atoms with Gasteiger partial charge in [0.15, 0.2) is 0 Å². The Kier molecular flexibility index (Phi) is 7.06. The van der Waals surface area contributed by atoms with Crippen molar-refractivity contribution in [2.45, 2.75) is 6.61 Å². The highest BCUT2D eigenvalue weighted by atomic mass is 19.1. The van der Waals surface area contributed by atoms with Crippen molar-refractivity contribution in [1.82, 2.24) is 10.2 Å². The van der Waals surface area contributed by atoms with Crippen molar-refractivity contribution in [3.05, 3.63) is 95.4 Å². The van der Waals surface area contributed by atoms with E-state index >= 15 is 0 Å². The van der Waals surface area contributed by atoms with Gasteiger partial charge in [0.2, 0.25) is 5.91 Å². The lowest BCUT2D eigenvalue weighted by molar-refractivity contribution is -0.127. The van der Waals surface area contributed by atoms with Gasteiger partial charge in [-0.2, -0.15) is 0 Å². The summed E-state index contributed by atoms with van der Waals surface area (Å²) in [7, 11) is 1.47. The number of imide groups is 1. The lowest BCUT2D eigenvalue weighted by atomic mass is 10.2. The molecule has 178 valence electrons. The fourth-order valence-electron chi connectivity index (χ4n) is 3.42. The van der Waals surface area contributed by atoms with E-state index in [0.717, 1.165) is 4.90 Å². The maximum atomic E-state index is 13.3. The fraction of sp³-hybridized carbons (Fsp3) is 0.115. The summed E-state index contributed by atoms with van der Waals surface area (Å²) in [6.07, 6.45) is 1.51. The van der Waals surface area contributed by atoms with E-state index < -0.39 is 24.4 Å². The van der Waals surface area contributed by atoms with Crippen molar-refractivity contribution < 1.29 is 28.2 Å². The Bertz CT molecular complexity index is 1290. The van der Waals surface area contributed by atoms with E-state index in [0.29, 0.717) is 28.3 Å². The predicted octanol–water partition coefficient (Wildman–Crippen LogP) is 3.94. The molecular weight excluding hydrogens is 453 g/mol. The monoisotopic (exact) mass is 475 g/mol. The second-order valence-corrected chi connectivity index (χ2v) is 7.62. The molecule has 1 aliphatic rings. The first kappa shape index (κ1) is 23.5. The first-order valence-corrected chi connectivity index (χ1v) is 10.7. The molecule has 1 aliphatic heterocycles. The second kappa shape index (κ2) is 10.5. The van der Waals surface area contributed by atoms with Gasteiger partial charge in [-0.25, -0.2) is 14.1 Å². The number of carbonyl (C=O) groups is 3. The quantitative estimate of drug-likeness (QED) is 0.380. The van der Waals surface area contributed by atoms with Gasteiger partial charge >= 0.3 is 6.03 Å². The molecule has 0 radical (unpaired) electrons. The molecule has 0 aliphatic carbocycles. The molecule has 0 saturated carbocycles. The van der Waals surface area contributed by atoms with E-state index in [1.54, 1.807) is 60.7 Å². The van der Waals surface area contributed by atoms with Gasteiger partial charge in [0, 0.05) is 0 Å². The Balaban J connectivity index is 1.36. The number of halogens is 1. The Labute approximate surface area is 201 Å². The minimum Gasteiger partial charge on any atom is -0.495 e. The molecule has 1 saturated heterocycles. The Morgan fingerprint density at radius 1 is 1.06 bits per heavy atom. The zero-order valence-electron chi connectivity index (χ0n) is 18.8. The number of methoxy groups -OCH3 is 1. The van der Waals surface area contributed by atoms with Gasteiger partial charge in [-0.3, -0.25) is 9.59 Å². The van der Waals surface area contributed by atoms with Crippen LogP contribution in [0.3, 0.4) is 0 Å². The number of nitrogens with one attached hydrogen (secondary N) is 2. The van der Waals surface area contributed by atoms with Crippen molar-refractivity contribution in [3.63, 3.8) is 0 Å². The summed E-state index contributed by atoms with van der Waals surface area (Å²) in [5.41, 5.74) is 1.83.